The molecule has 3 rings (SSSR count). The molecule has 0 radical (unpaired) electrons. The van der Waals surface area contributed by atoms with E-state index >= 15 is 0 Å². The van der Waals surface area contributed by atoms with Crippen LogP contribution in [0.1, 0.15) is 11.1 Å². The molecule has 0 spiro atoms. The quantitative estimate of drug-likeness (QED) is 0.363. The lowest BCUT2D eigenvalue weighted by molar-refractivity contribution is 0.599. The zero-order chi connectivity index (χ0) is 24.9. The summed E-state index contributed by atoms with van der Waals surface area (Å²) in [6.45, 7) is 0. The SMILES string of the molecule is N#CC(=Cc1cccc(C=C(C#N)S(=O)(=O)c2ccc(F)cc2)c1)S(=O)(=O)c1ccc(F)cc1. The lowest BCUT2D eigenvalue weighted by Crippen LogP contribution is -2.04. The molecule has 0 saturated heterocycles. The molecule has 0 aliphatic carbocycles. The van der Waals surface area contributed by atoms with Gasteiger partial charge in [0.2, 0.25) is 19.7 Å². The molecule has 6 nitrogen and oxygen atoms in total. The molecule has 0 saturated carbocycles. The smallest absolute Gasteiger partial charge is 0.216 e. The van der Waals surface area contributed by atoms with E-state index in [2.05, 4.69) is 0 Å². The molecule has 0 aliphatic rings. The Morgan fingerprint density at radius 3 is 1.32 bits per heavy atom. The third-order valence-electron chi connectivity index (χ3n) is 4.55. The van der Waals surface area contributed by atoms with Crippen molar-refractivity contribution in [2.75, 3.05) is 0 Å². The molecule has 34 heavy (non-hydrogen) atoms. The second-order valence-corrected chi connectivity index (χ2v) is 10.7. The molecule has 3 aromatic carbocycles. The number of sulfone groups is 2. The molecule has 0 aliphatic heterocycles. The Hall–Kier alpha value is -4.12. The number of halogens is 2. The van der Waals surface area contributed by atoms with Crippen LogP contribution < -0.4 is 0 Å². The summed E-state index contributed by atoms with van der Waals surface area (Å²) in [6.07, 6.45) is 2.16. The second kappa shape index (κ2) is 9.79. The van der Waals surface area contributed by atoms with E-state index in [1.54, 1.807) is 12.1 Å². The maximum absolute atomic E-state index is 13.1. The van der Waals surface area contributed by atoms with Gasteiger partial charge in [-0.25, -0.2) is 25.6 Å². The summed E-state index contributed by atoms with van der Waals surface area (Å²) in [7, 11) is -8.46. The van der Waals surface area contributed by atoms with E-state index in [4.69, 9.17) is 0 Å². The Kier molecular flexibility index (Phi) is 7.06. The predicted octanol–water partition coefficient (Wildman–Crippen LogP) is 4.64. The minimum atomic E-state index is -4.23. The fourth-order valence-corrected chi connectivity index (χ4v) is 5.18. The maximum atomic E-state index is 13.1. The summed E-state index contributed by atoms with van der Waals surface area (Å²) >= 11 is 0. The molecule has 0 unspecified atom stereocenters. The molecule has 3 aromatic rings. The van der Waals surface area contributed by atoms with Crippen molar-refractivity contribution >= 4 is 31.8 Å². The summed E-state index contributed by atoms with van der Waals surface area (Å²) in [6, 6.07) is 17.0. The third kappa shape index (κ3) is 5.26. The minimum Gasteiger partial charge on any atom is -0.218 e. The number of nitriles is 2. The number of hydrogen-bond donors (Lipinski definition) is 0. The Morgan fingerprint density at radius 2 is 1.00 bits per heavy atom. The number of allylic oxidation sites excluding steroid dienone is 2. The van der Waals surface area contributed by atoms with Gasteiger partial charge in [-0.05, 0) is 77.9 Å². The van der Waals surface area contributed by atoms with E-state index in [9.17, 15) is 36.1 Å². The van der Waals surface area contributed by atoms with Crippen molar-refractivity contribution in [2.45, 2.75) is 9.79 Å². The van der Waals surface area contributed by atoms with Crippen LogP contribution in [0.3, 0.4) is 0 Å². The van der Waals surface area contributed by atoms with Gasteiger partial charge in [0.25, 0.3) is 0 Å². The van der Waals surface area contributed by atoms with E-state index in [-0.39, 0.29) is 20.9 Å². The first kappa shape index (κ1) is 24.5. The van der Waals surface area contributed by atoms with Gasteiger partial charge in [0.15, 0.2) is 0 Å². The molecule has 0 bridgehead atoms. The zero-order valence-corrected chi connectivity index (χ0v) is 18.8. The van der Waals surface area contributed by atoms with E-state index in [1.165, 1.54) is 24.3 Å². The molecule has 10 heteroatoms. The van der Waals surface area contributed by atoms with Crippen LogP contribution >= 0.6 is 0 Å². The summed E-state index contributed by atoms with van der Waals surface area (Å²) < 4.78 is 77.2. The normalized spacial score (nSPS) is 12.6. The lowest BCUT2D eigenvalue weighted by atomic mass is 10.1. The summed E-state index contributed by atoms with van der Waals surface area (Å²) in [5.74, 6) is -1.27. The van der Waals surface area contributed by atoms with Gasteiger partial charge in [0.1, 0.15) is 33.6 Å². The van der Waals surface area contributed by atoms with Gasteiger partial charge in [0, 0.05) is 0 Å². The van der Waals surface area contributed by atoms with Crippen molar-refractivity contribution < 1.29 is 25.6 Å². The van der Waals surface area contributed by atoms with Gasteiger partial charge in [-0.2, -0.15) is 10.5 Å². The third-order valence-corrected chi connectivity index (χ3v) is 7.92. The Balaban J connectivity index is 2.02. The van der Waals surface area contributed by atoms with Gasteiger partial charge in [-0.1, -0.05) is 18.2 Å². The van der Waals surface area contributed by atoms with Crippen LogP contribution in [0.5, 0.6) is 0 Å². The topological polar surface area (TPSA) is 116 Å². The number of rotatable bonds is 6. The van der Waals surface area contributed by atoms with Crippen LogP contribution in [0, 0.1) is 34.3 Å². The molecule has 0 atom stereocenters. The van der Waals surface area contributed by atoms with Crippen LogP contribution in [-0.4, -0.2) is 16.8 Å². The summed E-state index contributed by atoms with van der Waals surface area (Å²) in [5, 5.41) is 18.8. The standard InChI is InChI=1S/C24H14F2N2O4S2/c25-19-4-8-21(9-5-19)33(29,30)23(15-27)13-17-2-1-3-18(12-17)14-24(16-28)34(31,32)22-10-6-20(26)7-11-22/h1-14H. The fourth-order valence-electron chi connectivity index (χ4n) is 2.86. The maximum Gasteiger partial charge on any atom is 0.216 e. The molecular formula is C24H14F2N2O4S2. The van der Waals surface area contributed by atoms with Crippen molar-refractivity contribution in [1.29, 1.82) is 10.5 Å². The Morgan fingerprint density at radius 1 is 0.647 bits per heavy atom. The molecular weight excluding hydrogens is 482 g/mol. The average molecular weight is 497 g/mol. The van der Waals surface area contributed by atoms with E-state index in [0.717, 1.165) is 60.7 Å². The first-order valence-electron chi connectivity index (χ1n) is 9.43. The molecule has 0 amide bonds. The number of benzene rings is 3. The highest BCUT2D eigenvalue weighted by molar-refractivity contribution is 7.96. The average Bonchev–Trinajstić information content (AvgIpc) is 2.81. The highest BCUT2D eigenvalue weighted by Gasteiger charge is 2.22. The number of nitrogens with zero attached hydrogens (tertiary/aromatic N) is 2. The zero-order valence-electron chi connectivity index (χ0n) is 17.2. The van der Waals surface area contributed by atoms with Gasteiger partial charge in [0.05, 0.1) is 9.79 Å². The van der Waals surface area contributed by atoms with E-state index < -0.39 is 41.1 Å². The molecule has 170 valence electrons. The van der Waals surface area contributed by atoms with Crippen LogP contribution in [0.4, 0.5) is 8.78 Å². The Labute approximate surface area is 195 Å². The van der Waals surface area contributed by atoms with Gasteiger partial charge >= 0.3 is 0 Å². The highest BCUT2D eigenvalue weighted by atomic mass is 32.2. The van der Waals surface area contributed by atoms with Crippen molar-refractivity contribution in [3.05, 3.63) is 105 Å². The van der Waals surface area contributed by atoms with Crippen molar-refractivity contribution in [1.82, 2.24) is 0 Å². The largest absolute Gasteiger partial charge is 0.218 e. The van der Waals surface area contributed by atoms with Crippen LogP contribution in [0.15, 0.2) is 92.4 Å². The summed E-state index contributed by atoms with van der Waals surface area (Å²) in [4.78, 5) is -1.76. The van der Waals surface area contributed by atoms with Gasteiger partial charge < -0.3 is 0 Å². The summed E-state index contributed by atoms with van der Waals surface area (Å²) in [5.41, 5.74) is 0.486. The predicted molar refractivity (Wildman–Crippen MR) is 121 cm³/mol. The molecule has 0 fully saturated rings. The Bertz CT molecular complexity index is 1480. The van der Waals surface area contributed by atoms with E-state index in [0.29, 0.717) is 0 Å². The van der Waals surface area contributed by atoms with Crippen molar-refractivity contribution in [3.63, 3.8) is 0 Å². The fraction of sp³-hybridized carbons (Fsp3) is 0. The highest BCUT2D eigenvalue weighted by Crippen LogP contribution is 2.24. The molecule has 0 heterocycles. The van der Waals surface area contributed by atoms with E-state index in [1.807, 2.05) is 0 Å². The number of hydrogen-bond acceptors (Lipinski definition) is 6. The van der Waals surface area contributed by atoms with Gasteiger partial charge in [-0.3, -0.25) is 0 Å². The van der Waals surface area contributed by atoms with Gasteiger partial charge in [-0.15, -0.1) is 0 Å². The first-order chi connectivity index (χ1) is 16.1. The monoisotopic (exact) mass is 496 g/mol. The van der Waals surface area contributed by atoms with Crippen molar-refractivity contribution in [2.24, 2.45) is 0 Å². The van der Waals surface area contributed by atoms with Crippen LogP contribution in [-0.2, 0) is 19.7 Å². The minimum absolute atomic E-state index is 0.243. The van der Waals surface area contributed by atoms with Crippen LogP contribution in [0.2, 0.25) is 0 Å². The second-order valence-electron chi connectivity index (χ2n) is 6.83. The van der Waals surface area contributed by atoms with Crippen molar-refractivity contribution in [3.8, 4) is 12.1 Å². The molecule has 0 N–H and O–H groups in total. The van der Waals surface area contributed by atoms with Crippen LogP contribution in [0.25, 0.3) is 12.2 Å². The lowest BCUT2D eigenvalue weighted by Gasteiger charge is -2.05. The first-order valence-corrected chi connectivity index (χ1v) is 12.4. The molecule has 0 aromatic heterocycles.